The number of likely N-dealkylation sites (N-methyl/N-ethyl adjacent to an activating group) is 1. The second-order valence-corrected chi connectivity index (χ2v) is 6.12. The molecule has 2 nitrogen and oxygen atoms in total. The lowest BCUT2D eigenvalue weighted by Gasteiger charge is -2.38. The molecule has 1 atom stereocenters. The van der Waals surface area contributed by atoms with E-state index in [1.807, 2.05) is 0 Å². The third-order valence-corrected chi connectivity index (χ3v) is 4.71. The molecular weight excluding hydrogens is 293 g/mol. The van der Waals surface area contributed by atoms with Gasteiger partial charge in [0.2, 0.25) is 0 Å². The number of nitrogens with zero attached hydrogens (tertiary/aromatic N) is 1. The van der Waals surface area contributed by atoms with E-state index in [1.54, 1.807) is 0 Å². The van der Waals surface area contributed by atoms with Crippen LogP contribution in [0.25, 0.3) is 0 Å². The lowest BCUT2D eigenvalue weighted by atomic mass is 10.1. The molecule has 1 N–H and O–H groups in total. The highest BCUT2D eigenvalue weighted by Crippen LogP contribution is 2.14. The van der Waals surface area contributed by atoms with Gasteiger partial charge in [-0.1, -0.05) is 39.0 Å². The molecule has 0 spiro atoms. The minimum Gasteiger partial charge on any atom is -1.00 e. The van der Waals surface area contributed by atoms with E-state index in [0.717, 1.165) is 24.1 Å². The van der Waals surface area contributed by atoms with E-state index in [0.29, 0.717) is 5.88 Å². The summed E-state index contributed by atoms with van der Waals surface area (Å²) in [5.41, 5.74) is 0. The first-order valence-corrected chi connectivity index (χ1v) is 8.76. The van der Waals surface area contributed by atoms with Crippen LogP contribution < -0.4 is 12.4 Å². The van der Waals surface area contributed by atoms with Crippen LogP contribution in [0.4, 0.5) is 0 Å². The third kappa shape index (κ3) is 10.3. The second-order valence-electron chi connectivity index (χ2n) is 5.81. The molecule has 1 unspecified atom stereocenters. The summed E-state index contributed by atoms with van der Waals surface area (Å²) in [4.78, 5) is 0. The summed E-state index contributed by atoms with van der Waals surface area (Å²) in [7, 11) is 0. The molecule has 0 aliphatic carbocycles. The molecule has 0 amide bonds. The van der Waals surface area contributed by atoms with E-state index in [2.05, 4.69) is 20.8 Å². The Hall–Kier alpha value is 0.500. The van der Waals surface area contributed by atoms with Gasteiger partial charge in [-0.3, -0.25) is 0 Å². The van der Waals surface area contributed by atoms with E-state index >= 15 is 0 Å². The van der Waals surface area contributed by atoms with Gasteiger partial charge in [-0.05, 0) is 26.7 Å². The van der Waals surface area contributed by atoms with Crippen molar-refractivity contribution >= 4 is 11.6 Å². The number of hydrogen-bond donors (Lipinski definition) is 1. The Balaban J connectivity index is 0. The van der Waals surface area contributed by atoms with Gasteiger partial charge in [0.25, 0.3) is 0 Å². The van der Waals surface area contributed by atoms with E-state index in [4.69, 9.17) is 11.6 Å². The number of hydrogen-bond acceptors (Lipinski definition) is 1. The predicted molar refractivity (Wildman–Crippen MR) is 85.8 cm³/mol. The molecule has 0 saturated carbocycles. The van der Waals surface area contributed by atoms with Gasteiger partial charge < -0.3 is 22.0 Å². The standard InChI is InChI=1S/C16H35ClNO.ClH/c1-4-7-8-9-10-11-12-13-18(5-2,6-3)15-16(19)14-17;/h16,19H,4-15H2,1-3H3;1H/q+1;/p-1. The molecule has 4 heteroatoms. The lowest BCUT2D eigenvalue weighted by molar-refractivity contribution is -0.927. The summed E-state index contributed by atoms with van der Waals surface area (Å²) in [6.07, 6.45) is 9.11. The Labute approximate surface area is 137 Å². The van der Waals surface area contributed by atoms with E-state index < -0.39 is 0 Å². The van der Waals surface area contributed by atoms with Crippen LogP contribution in [0.3, 0.4) is 0 Å². The van der Waals surface area contributed by atoms with Gasteiger partial charge in [0, 0.05) is 0 Å². The summed E-state index contributed by atoms with van der Waals surface area (Å²) in [6.45, 7) is 10.9. The van der Waals surface area contributed by atoms with Gasteiger partial charge in [0.15, 0.2) is 0 Å². The number of rotatable bonds is 13. The fourth-order valence-electron chi connectivity index (χ4n) is 2.79. The summed E-state index contributed by atoms with van der Waals surface area (Å²) >= 11 is 5.74. The van der Waals surface area contributed by atoms with E-state index in [-0.39, 0.29) is 18.5 Å². The number of quaternary nitrogens is 1. The zero-order valence-corrected chi connectivity index (χ0v) is 15.2. The molecule has 0 heterocycles. The van der Waals surface area contributed by atoms with Crippen LogP contribution in [0.5, 0.6) is 0 Å². The monoisotopic (exact) mass is 327 g/mol. The minimum absolute atomic E-state index is 0. The molecule has 0 bridgehead atoms. The van der Waals surface area contributed by atoms with Crippen LogP contribution in [0.15, 0.2) is 0 Å². The smallest absolute Gasteiger partial charge is 0.116 e. The zero-order chi connectivity index (χ0) is 14.6. The van der Waals surface area contributed by atoms with E-state index in [9.17, 15) is 5.11 Å². The Morgan fingerprint density at radius 2 is 1.40 bits per heavy atom. The molecule has 20 heavy (non-hydrogen) atoms. The molecule has 0 aromatic heterocycles. The average Bonchev–Trinajstić information content (AvgIpc) is 2.44. The topological polar surface area (TPSA) is 20.2 Å². The zero-order valence-electron chi connectivity index (χ0n) is 13.7. The molecule has 0 fully saturated rings. The summed E-state index contributed by atoms with van der Waals surface area (Å²) in [5.74, 6) is 0.358. The molecule has 0 aromatic carbocycles. The SMILES string of the molecule is CCCCCCCCC[N+](CC)(CC)CC(O)CCl.[Cl-]. The van der Waals surface area contributed by atoms with Crippen molar-refractivity contribution in [2.45, 2.75) is 71.8 Å². The van der Waals surface area contributed by atoms with Crippen molar-refractivity contribution in [1.29, 1.82) is 0 Å². The Bertz CT molecular complexity index is 199. The van der Waals surface area contributed by atoms with Crippen molar-refractivity contribution in [2.24, 2.45) is 0 Å². The number of unbranched alkanes of at least 4 members (excludes halogenated alkanes) is 6. The number of aliphatic hydroxyl groups is 1. The molecule has 0 aliphatic rings. The van der Waals surface area contributed by atoms with Crippen molar-refractivity contribution in [3.05, 3.63) is 0 Å². The van der Waals surface area contributed by atoms with Gasteiger partial charge in [-0.25, -0.2) is 0 Å². The van der Waals surface area contributed by atoms with Crippen LogP contribution in [0.2, 0.25) is 0 Å². The van der Waals surface area contributed by atoms with E-state index in [1.165, 1.54) is 51.5 Å². The largest absolute Gasteiger partial charge is 1.00 e. The quantitative estimate of drug-likeness (QED) is 0.306. The first-order chi connectivity index (χ1) is 9.14. The van der Waals surface area contributed by atoms with Gasteiger partial charge >= 0.3 is 0 Å². The van der Waals surface area contributed by atoms with Crippen LogP contribution in [-0.4, -0.2) is 47.8 Å². The maximum atomic E-state index is 9.81. The highest BCUT2D eigenvalue weighted by atomic mass is 35.5. The first kappa shape index (κ1) is 22.8. The first-order valence-electron chi connectivity index (χ1n) is 8.23. The molecule has 0 rings (SSSR count). The lowest BCUT2D eigenvalue weighted by Crippen LogP contribution is -3.00. The maximum Gasteiger partial charge on any atom is 0.116 e. The van der Waals surface area contributed by atoms with Crippen molar-refractivity contribution in [3.63, 3.8) is 0 Å². The molecular formula is C16H35Cl2NO. The average molecular weight is 328 g/mol. The number of aliphatic hydroxyl groups excluding tert-OH is 1. The molecule has 0 aromatic rings. The summed E-state index contributed by atoms with van der Waals surface area (Å²) in [5, 5.41) is 9.81. The van der Waals surface area contributed by atoms with Crippen LogP contribution in [0, 0.1) is 0 Å². The predicted octanol–water partition coefficient (Wildman–Crippen LogP) is 1.20. The van der Waals surface area contributed by atoms with Crippen molar-refractivity contribution in [2.75, 3.05) is 32.1 Å². The number of halogens is 2. The van der Waals surface area contributed by atoms with Crippen molar-refractivity contribution < 1.29 is 22.0 Å². The van der Waals surface area contributed by atoms with Crippen LogP contribution in [-0.2, 0) is 0 Å². The molecule has 124 valence electrons. The number of alkyl halides is 1. The summed E-state index contributed by atoms with van der Waals surface area (Å²) < 4.78 is 1.02. The van der Waals surface area contributed by atoms with Gasteiger partial charge in [0.1, 0.15) is 12.6 Å². The Kier molecular flexibility index (Phi) is 16.4. The van der Waals surface area contributed by atoms with Crippen molar-refractivity contribution in [1.82, 2.24) is 0 Å². The van der Waals surface area contributed by atoms with Gasteiger partial charge in [0.05, 0.1) is 25.5 Å². The van der Waals surface area contributed by atoms with Crippen LogP contribution >= 0.6 is 11.6 Å². The normalized spacial score (nSPS) is 13.1. The molecule has 0 radical (unpaired) electrons. The summed E-state index contributed by atoms with van der Waals surface area (Å²) in [6, 6.07) is 0. The van der Waals surface area contributed by atoms with Crippen molar-refractivity contribution in [3.8, 4) is 0 Å². The maximum absolute atomic E-state index is 9.81. The molecule has 0 saturated heterocycles. The van der Waals surface area contributed by atoms with Gasteiger partial charge in [-0.2, -0.15) is 0 Å². The highest BCUT2D eigenvalue weighted by Gasteiger charge is 2.25. The minimum atomic E-state index is -0.355. The molecule has 0 aliphatic heterocycles. The second kappa shape index (κ2) is 14.4. The fraction of sp³-hybridized carbons (Fsp3) is 1.00. The fourth-order valence-corrected chi connectivity index (χ4v) is 2.89. The van der Waals surface area contributed by atoms with Gasteiger partial charge in [-0.15, -0.1) is 11.6 Å². The third-order valence-electron chi connectivity index (χ3n) is 4.35. The Morgan fingerprint density at radius 3 is 1.85 bits per heavy atom. The van der Waals surface area contributed by atoms with Crippen LogP contribution in [0.1, 0.15) is 65.7 Å². The Morgan fingerprint density at radius 1 is 0.900 bits per heavy atom. The highest BCUT2D eigenvalue weighted by molar-refractivity contribution is 6.18.